The first kappa shape index (κ1) is 19.3. The highest BCUT2D eigenvalue weighted by atomic mass is 16.5. The molecule has 1 fully saturated rings. The van der Waals surface area contributed by atoms with E-state index in [4.69, 9.17) is 14.2 Å². The molecule has 6 nitrogen and oxygen atoms in total. The third-order valence-corrected chi connectivity index (χ3v) is 5.29. The van der Waals surface area contributed by atoms with Crippen molar-refractivity contribution >= 4 is 12.0 Å². The Morgan fingerprint density at radius 2 is 2.03 bits per heavy atom. The molecule has 0 radical (unpaired) electrons. The van der Waals surface area contributed by atoms with Crippen molar-refractivity contribution in [2.24, 2.45) is 0 Å². The first-order valence-corrected chi connectivity index (χ1v) is 9.96. The van der Waals surface area contributed by atoms with Crippen molar-refractivity contribution in [3.63, 3.8) is 0 Å². The number of para-hydroxylation sites is 2. The molecule has 0 aromatic heterocycles. The Bertz CT molecular complexity index is 925. The van der Waals surface area contributed by atoms with Crippen LogP contribution in [0.5, 0.6) is 17.2 Å². The molecule has 29 heavy (non-hydrogen) atoms. The summed E-state index contributed by atoms with van der Waals surface area (Å²) in [5.41, 5.74) is 2.52. The second-order valence-electron chi connectivity index (χ2n) is 7.03. The predicted octanol–water partition coefficient (Wildman–Crippen LogP) is 3.04. The number of nitrogens with one attached hydrogen (secondary N) is 1. The topological polar surface area (TPSA) is 60.0 Å². The van der Waals surface area contributed by atoms with E-state index in [-0.39, 0.29) is 18.6 Å². The number of hydrogen-bond acceptors (Lipinski definition) is 5. The van der Waals surface area contributed by atoms with Gasteiger partial charge in [0.1, 0.15) is 12.4 Å². The van der Waals surface area contributed by atoms with E-state index >= 15 is 0 Å². The van der Waals surface area contributed by atoms with Crippen molar-refractivity contribution in [1.29, 1.82) is 0 Å². The number of rotatable bonds is 5. The van der Waals surface area contributed by atoms with Gasteiger partial charge in [-0.3, -0.25) is 4.79 Å². The number of amides is 1. The van der Waals surface area contributed by atoms with Gasteiger partial charge in [-0.05, 0) is 25.1 Å². The number of carbonyl (C=O) groups is 1. The van der Waals surface area contributed by atoms with Crippen LogP contribution in [0.1, 0.15) is 24.1 Å². The van der Waals surface area contributed by atoms with Crippen molar-refractivity contribution in [2.75, 3.05) is 40.0 Å². The SMILES string of the molecule is CCOc1cccc2c1OCC(C(=O)N1CCNCC1c1ccccc1OC)=C2. The molecule has 1 N–H and O–H groups in total. The van der Waals surface area contributed by atoms with Crippen LogP contribution in [0, 0.1) is 0 Å². The van der Waals surface area contributed by atoms with Gasteiger partial charge in [0.15, 0.2) is 11.5 Å². The normalized spacial score (nSPS) is 18.3. The maximum absolute atomic E-state index is 13.4. The van der Waals surface area contributed by atoms with Crippen molar-refractivity contribution in [2.45, 2.75) is 13.0 Å². The third kappa shape index (κ3) is 3.80. The third-order valence-electron chi connectivity index (χ3n) is 5.29. The summed E-state index contributed by atoms with van der Waals surface area (Å²) in [6.45, 7) is 4.82. The van der Waals surface area contributed by atoms with E-state index < -0.39 is 0 Å². The summed E-state index contributed by atoms with van der Waals surface area (Å²) in [5.74, 6) is 2.20. The Morgan fingerprint density at radius 3 is 2.86 bits per heavy atom. The average Bonchev–Trinajstić information content (AvgIpc) is 2.78. The van der Waals surface area contributed by atoms with Gasteiger partial charge in [-0.25, -0.2) is 0 Å². The van der Waals surface area contributed by atoms with Crippen LogP contribution in [-0.4, -0.2) is 50.8 Å². The molecule has 1 atom stereocenters. The lowest BCUT2D eigenvalue weighted by molar-refractivity contribution is -0.130. The van der Waals surface area contributed by atoms with Crippen LogP contribution in [0.15, 0.2) is 48.0 Å². The van der Waals surface area contributed by atoms with Gasteiger partial charge in [-0.15, -0.1) is 0 Å². The molecule has 1 saturated heterocycles. The maximum Gasteiger partial charge on any atom is 0.253 e. The van der Waals surface area contributed by atoms with Gasteiger partial charge in [0, 0.05) is 30.8 Å². The molecule has 1 amide bonds. The number of hydrogen-bond donors (Lipinski definition) is 1. The lowest BCUT2D eigenvalue weighted by atomic mass is 9.99. The maximum atomic E-state index is 13.4. The summed E-state index contributed by atoms with van der Waals surface area (Å²) >= 11 is 0. The second-order valence-corrected chi connectivity index (χ2v) is 7.03. The Balaban J connectivity index is 1.63. The Labute approximate surface area is 171 Å². The minimum absolute atomic E-state index is 0.00475. The van der Waals surface area contributed by atoms with Crippen LogP contribution in [0.25, 0.3) is 6.08 Å². The largest absolute Gasteiger partial charge is 0.496 e. The summed E-state index contributed by atoms with van der Waals surface area (Å²) in [4.78, 5) is 15.4. The average molecular weight is 394 g/mol. The summed E-state index contributed by atoms with van der Waals surface area (Å²) in [5, 5.41) is 3.39. The molecule has 4 rings (SSSR count). The number of fused-ring (bicyclic) bond motifs is 1. The van der Waals surface area contributed by atoms with Gasteiger partial charge in [-0.1, -0.05) is 30.3 Å². The fourth-order valence-corrected chi connectivity index (χ4v) is 3.92. The molecule has 0 spiro atoms. The van der Waals surface area contributed by atoms with Crippen molar-refractivity contribution in [1.82, 2.24) is 10.2 Å². The zero-order valence-corrected chi connectivity index (χ0v) is 16.8. The molecule has 2 heterocycles. The molecular weight excluding hydrogens is 368 g/mol. The van der Waals surface area contributed by atoms with Gasteiger partial charge < -0.3 is 24.4 Å². The highest BCUT2D eigenvalue weighted by molar-refractivity contribution is 5.99. The van der Waals surface area contributed by atoms with Crippen LogP contribution < -0.4 is 19.5 Å². The molecule has 0 bridgehead atoms. The monoisotopic (exact) mass is 394 g/mol. The molecule has 152 valence electrons. The number of nitrogens with zero attached hydrogens (tertiary/aromatic N) is 1. The highest BCUT2D eigenvalue weighted by Crippen LogP contribution is 2.37. The van der Waals surface area contributed by atoms with Crippen LogP contribution in [-0.2, 0) is 4.79 Å². The molecule has 1 unspecified atom stereocenters. The zero-order chi connectivity index (χ0) is 20.2. The van der Waals surface area contributed by atoms with E-state index in [1.165, 1.54) is 0 Å². The summed E-state index contributed by atoms with van der Waals surface area (Å²) in [6, 6.07) is 13.5. The second kappa shape index (κ2) is 8.57. The smallest absolute Gasteiger partial charge is 0.253 e. The van der Waals surface area contributed by atoms with E-state index in [1.54, 1.807) is 7.11 Å². The standard InChI is InChI=1S/C23H26N2O4/c1-3-28-21-10-6-7-16-13-17(15-29-22(16)21)23(26)25-12-11-24-14-19(25)18-8-4-5-9-20(18)27-2/h4-10,13,19,24H,3,11-12,14-15H2,1-2H3. The molecule has 0 aliphatic carbocycles. The highest BCUT2D eigenvalue weighted by Gasteiger charge is 2.32. The molecule has 6 heteroatoms. The van der Waals surface area contributed by atoms with E-state index in [1.807, 2.05) is 60.4 Å². The minimum atomic E-state index is -0.0931. The molecule has 2 aliphatic heterocycles. The fourth-order valence-electron chi connectivity index (χ4n) is 3.92. The molecule has 0 saturated carbocycles. The first-order valence-electron chi connectivity index (χ1n) is 9.96. The number of methoxy groups -OCH3 is 1. The number of carbonyl (C=O) groups excluding carboxylic acids is 1. The van der Waals surface area contributed by atoms with E-state index in [0.717, 1.165) is 23.4 Å². The van der Waals surface area contributed by atoms with Crippen LogP contribution in [0.2, 0.25) is 0 Å². The predicted molar refractivity (Wildman–Crippen MR) is 111 cm³/mol. The van der Waals surface area contributed by atoms with E-state index in [2.05, 4.69) is 5.32 Å². The van der Waals surface area contributed by atoms with Crippen molar-refractivity contribution in [3.8, 4) is 17.2 Å². The molecule has 2 aliphatic rings. The summed E-state index contributed by atoms with van der Waals surface area (Å²) in [6.07, 6.45) is 1.92. The Hall–Kier alpha value is -2.99. The molecule has 2 aromatic rings. The van der Waals surface area contributed by atoms with Crippen LogP contribution >= 0.6 is 0 Å². The Morgan fingerprint density at radius 1 is 1.21 bits per heavy atom. The van der Waals surface area contributed by atoms with Crippen molar-refractivity contribution in [3.05, 3.63) is 59.2 Å². The zero-order valence-electron chi connectivity index (χ0n) is 16.8. The molecule has 2 aromatic carbocycles. The number of benzene rings is 2. The number of ether oxygens (including phenoxy) is 3. The number of piperazine rings is 1. The van der Waals surface area contributed by atoms with Gasteiger partial charge in [0.05, 0.1) is 25.3 Å². The minimum Gasteiger partial charge on any atom is -0.496 e. The van der Waals surface area contributed by atoms with Gasteiger partial charge in [0.25, 0.3) is 5.91 Å². The van der Waals surface area contributed by atoms with E-state index in [9.17, 15) is 4.79 Å². The van der Waals surface area contributed by atoms with Crippen LogP contribution in [0.4, 0.5) is 0 Å². The van der Waals surface area contributed by atoms with Gasteiger partial charge in [0.2, 0.25) is 0 Å². The van der Waals surface area contributed by atoms with E-state index in [0.29, 0.717) is 36.8 Å². The van der Waals surface area contributed by atoms with Crippen molar-refractivity contribution < 1.29 is 19.0 Å². The van der Waals surface area contributed by atoms with Gasteiger partial charge >= 0.3 is 0 Å². The Kier molecular flexibility index (Phi) is 5.71. The quantitative estimate of drug-likeness (QED) is 0.845. The fraction of sp³-hybridized carbons (Fsp3) is 0.348. The summed E-state index contributed by atoms with van der Waals surface area (Å²) < 4.78 is 17.1. The molecular formula is C23H26N2O4. The van der Waals surface area contributed by atoms with Gasteiger partial charge in [-0.2, -0.15) is 0 Å². The lowest BCUT2D eigenvalue weighted by Crippen LogP contribution is -2.49. The first-order chi connectivity index (χ1) is 14.2. The van der Waals surface area contributed by atoms with Crippen LogP contribution in [0.3, 0.4) is 0 Å². The summed E-state index contributed by atoms with van der Waals surface area (Å²) in [7, 11) is 1.66. The lowest BCUT2D eigenvalue weighted by Gasteiger charge is -2.38.